The Kier molecular flexibility index (Phi) is 5.14. The molecule has 0 saturated heterocycles. The van der Waals surface area contributed by atoms with Gasteiger partial charge >= 0.3 is 0 Å². The molecule has 2 aromatic rings. The summed E-state index contributed by atoms with van der Waals surface area (Å²) in [5.41, 5.74) is 0.577. The number of benzene rings is 1. The zero-order valence-electron chi connectivity index (χ0n) is 12.1. The molecule has 0 aliphatic heterocycles. The second kappa shape index (κ2) is 7.28. The molecular formula is C14H18N4O3. The van der Waals surface area contributed by atoms with Gasteiger partial charge in [0.25, 0.3) is 0 Å². The second-order valence-electron chi connectivity index (χ2n) is 4.17. The summed E-state index contributed by atoms with van der Waals surface area (Å²) in [5.74, 6) is 1.07. The summed E-state index contributed by atoms with van der Waals surface area (Å²) in [7, 11) is 0. The summed E-state index contributed by atoms with van der Waals surface area (Å²) in [6.45, 7) is 4.95. The average molecular weight is 290 g/mol. The summed E-state index contributed by atoms with van der Waals surface area (Å²) in [6.07, 6.45) is 2.87. The van der Waals surface area contributed by atoms with Gasteiger partial charge in [-0.25, -0.2) is 9.67 Å². The van der Waals surface area contributed by atoms with Crippen LogP contribution >= 0.6 is 0 Å². The molecule has 1 N–H and O–H groups in total. The number of hydrogen-bond donors (Lipinski definition) is 1. The molecule has 21 heavy (non-hydrogen) atoms. The van der Waals surface area contributed by atoms with E-state index in [1.165, 1.54) is 17.3 Å². The number of aromatic nitrogens is 3. The fraction of sp³-hybridized carbons (Fsp3) is 0.357. The van der Waals surface area contributed by atoms with E-state index in [2.05, 4.69) is 15.4 Å². The van der Waals surface area contributed by atoms with Gasteiger partial charge in [0.2, 0.25) is 5.91 Å². The number of amides is 1. The molecule has 7 heteroatoms. The molecule has 0 unspecified atom stereocenters. The van der Waals surface area contributed by atoms with E-state index in [-0.39, 0.29) is 12.5 Å². The fourth-order valence-corrected chi connectivity index (χ4v) is 1.80. The quantitative estimate of drug-likeness (QED) is 0.840. The van der Waals surface area contributed by atoms with Crippen molar-refractivity contribution in [2.45, 2.75) is 20.4 Å². The van der Waals surface area contributed by atoms with Crippen LogP contribution in [0.4, 0.5) is 5.69 Å². The van der Waals surface area contributed by atoms with Gasteiger partial charge in [0, 0.05) is 6.07 Å². The molecule has 7 nitrogen and oxygen atoms in total. The summed E-state index contributed by atoms with van der Waals surface area (Å²) < 4.78 is 12.4. The number of nitrogens with one attached hydrogen (secondary N) is 1. The summed E-state index contributed by atoms with van der Waals surface area (Å²) in [5, 5.41) is 6.69. The Morgan fingerprint density at radius 1 is 1.29 bits per heavy atom. The van der Waals surface area contributed by atoms with Gasteiger partial charge in [0.05, 0.1) is 18.9 Å². The standard InChI is InChI=1S/C14H18N4O3/c1-3-20-11-5-6-13(21-4-2)12(7-11)17-14(19)8-18-10-15-9-16-18/h5-7,9-10H,3-4,8H2,1-2H3,(H,17,19). The third-order valence-corrected chi connectivity index (χ3v) is 2.61. The minimum Gasteiger partial charge on any atom is -0.494 e. The molecule has 0 bridgehead atoms. The van der Waals surface area contributed by atoms with Crippen molar-refractivity contribution in [1.82, 2.24) is 14.8 Å². The van der Waals surface area contributed by atoms with Gasteiger partial charge in [0.15, 0.2) is 0 Å². The average Bonchev–Trinajstić information content (AvgIpc) is 2.95. The molecule has 112 valence electrons. The van der Waals surface area contributed by atoms with Crippen LogP contribution < -0.4 is 14.8 Å². The minimum absolute atomic E-state index is 0.0877. The highest BCUT2D eigenvalue weighted by Gasteiger charge is 2.10. The molecule has 0 fully saturated rings. The van der Waals surface area contributed by atoms with Gasteiger partial charge in [0.1, 0.15) is 30.7 Å². The van der Waals surface area contributed by atoms with Gasteiger partial charge in [-0.05, 0) is 26.0 Å². The Balaban J connectivity index is 2.11. The number of carbonyl (C=O) groups is 1. The Morgan fingerprint density at radius 2 is 2.10 bits per heavy atom. The van der Waals surface area contributed by atoms with Crippen molar-refractivity contribution in [2.75, 3.05) is 18.5 Å². The zero-order valence-corrected chi connectivity index (χ0v) is 12.1. The van der Waals surface area contributed by atoms with Gasteiger partial charge < -0.3 is 14.8 Å². The highest BCUT2D eigenvalue weighted by molar-refractivity contribution is 5.92. The highest BCUT2D eigenvalue weighted by atomic mass is 16.5. The van der Waals surface area contributed by atoms with Crippen LogP contribution in [0.25, 0.3) is 0 Å². The lowest BCUT2D eigenvalue weighted by molar-refractivity contribution is -0.116. The predicted molar refractivity (Wildman–Crippen MR) is 77.4 cm³/mol. The van der Waals surface area contributed by atoms with Gasteiger partial charge in [-0.3, -0.25) is 4.79 Å². The van der Waals surface area contributed by atoms with Crippen LogP contribution in [-0.4, -0.2) is 33.9 Å². The normalized spacial score (nSPS) is 10.2. The lowest BCUT2D eigenvalue weighted by Crippen LogP contribution is -2.19. The van der Waals surface area contributed by atoms with E-state index in [0.717, 1.165) is 0 Å². The molecule has 0 atom stereocenters. The van der Waals surface area contributed by atoms with E-state index in [1.54, 1.807) is 12.1 Å². The Hall–Kier alpha value is -2.57. The first kappa shape index (κ1) is 14.8. The lowest BCUT2D eigenvalue weighted by Gasteiger charge is -2.13. The molecule has 0 radical (unpaired) electrons. The lowest BCUT2D eigenvalue weighted by atomic mass is 10.2. The molecule has 0 saturated carbocycles. The zero-order chi connectivity index (χ0) is 15.1. The summed E-state index contributed by atoms with van der Waals surface area (Å²) in [6, 6.07) is 5.33. The molecule has 2 rings (SSSR count). The van der Waals surface area contributed by atoms with Crippen LogP contribution in [0.5, 0.6) is 11.5 Å². The number of anilines is 1. The Bertz CT molecular complexity index is 584. The Morgan fingerprint density at radius 3 is 2.76 bits per heavy atom. The van der Waals surface area contributed by atoms with Gasteiger partial charge in [-0.15, -0.1) is 0 Å². The maximum Gasteiger partial charge on any atom is 0.246 e. The van der Waals surface area contributed by atoms with Crippen LogP contribution in [0.2, 0.25) is 0 Å². The highest BCUT2D eigenvalue weighted by Crippen LogP contribution is 2.29. The van der Waals surface area contributed by atoms with Gasteiger partial charge in [-0.2, -0.15) is 5.10 Å². The maximum absolute atomic E-state index is 12.0. The minimum atomic E-state index is -0.213. The molecule has 1 heterocycles. The first-order valence-corrected chi connectivity index (χ1v) is 6.74. The third-order valence-electron chi connectivity index (χ3n) is 2.61. The SMILES string of the molecule is CCOc1ccc(OCC)c(NC(=O)Cn2cncn2)c1. The second-order valence-corrected chi connectivity index (χ2v) is 4.17. The van der Waals surface area contributed by atoms with Crippen molar-refractivity contribution in [3.8, 4) is 11.5 Å². The molecule has 0 spiro atoms. The van der Waals surface area contributed by atoms with E-state index in [1.807, 2.05) is 19.9 Å². The number of ether oxygens (including phenoxy) is 2. The largest absolute Gasteiger partial charge is 0.494 e. The van der Waals surface area contributed by atoms with Crippen LogP contribution in [0, 0.1) is 0 Å². The first-order valence-electron chi connectivity index (χ1n) is 6.74. The number of hydrogen-bond acceptors (Lipinski definition) is 5. The van der Waals surface area contributed by atoms with Gasteiger partial charge in [-0.1, -0.05) is 0 Å². The summed E-state index contributed by atoms with van der Waals surface area (Å²) in [4.78, 5) is 15.8. The number of carbonyl (C=O) groups excluding carboxylic acids is 1. The van der Waals surface area contributed by atoms with E-state index < -0.39 is 0 Å². The van der Waals surface area contributed by atoms with Crippen molar-refractivity contribution in [3.05, 3.63) is 30.9 Å². The Labute approximate surface area is 122 Å². The van der Waals surface area contributed by atoms with Crippen molar-refractivity contribution in [2.24, 2.45) is 0 Å². The summed E-state index contributed by atoms with van der Waals surface area (Å²) >= 11 is 0. The number of nitrogens with zero attached hydrogens (tertiary/aromatic N) is 3. The van der Waals surface area contributed by atoms with Crippen molar-refractivity contribution in [3.63, 3.8) is 0 Å². The predicted octanol–water partition coefficient (Wildman–Crippen LogP) is 1.71. The van der Waals surface area contributed by atoms with E-state index in [9.17, 15) is 4.79 Å². The fourth-order valence-electron chi connectivity index (χ4n) is 1.80. The van der Waals surface area contributed by atoms with Crippen LogP contribution in [-0.2, 0) is 11.3 Å². The third kappa shape index (κ3) is 4.20. The molecule has 0 aliphatic rings. The topological polar surface area (TPSA) is 78.3 Å². The van der Waals surface area contributed by atoms with Crippen molar-refractivity contribution in [1.29, 1.82) is 0 Å². The maximum atomic E-state index is 12.0. The monoisotopic (exact) mass is 290 g/mol. The molecular weight excluding hydrogens is 272 g/mol. The first-order chi connectivity index (χ1) is 10.2. The van der Waals surface area contributed by atoms with Crippen molar-refractivity contribution < 1.29 is 14.3 Å². The smallest absolute Gasteiger partial charge is 0.246 e. The van der Waals surface area contributed by atoms with Crippen molar-refractivity contribution >= 4 is 11.6 Å². The van der Waals surface area contributed by atoms with Crippen LogP contribution in [0.1, 0.15) is 13.8 Å². The number of rotatable bonds is 7. The van der Waals surface area contributed by atoms with E-state index >= 15 is 0 Å². The molecule has 1 aromatic carbocycles. The van der Waals surface area contributed by atoms with Crippen LogP contribution in [0.15, 0.2) is 30.9 Å². The van der Waals surface area contributed by atoms with E-state index in [4.69, 9.17) is 9.47 Å². The molecule has 1 amide bonds. The van der Waals surface area contributed by atoms with Crippen LogP contribution in [0.3, 0.4) is 0 Å². The molecule has 1 aromatic heterocycles. The molecule has 0 aliphatic carbocycles. The van der Waals surface area contributed by atoms with E-state index in [0.29, 0.717) is 30.4 Å².